The van der Waals surface area contributed by atoms with Crippen LogP contribution in [0.4, 0.5) is 11.4 Å². The molecule has 2 rings (SSSR count). The van der Waals surface area contributed by atoms with Crippen molar-refractivity contribution in [2.45, 2.75) is 13.5 Å². The van der Waals surface area contributed by atoms with Gasteiger partial charge in [0, 0.05) is 30.5 Å². The number of rotatable bonds is 4. The first-order valence-electron chi connectivity index (χ1n) is 5.83. The number of anilines is 2. The van der Waals surface area contributed by atoms with Crippen molar-refractivity contribution in [1.29, 1.82) is 0 Å². The van der Waals surface area contributed by atoms with Crippen LogP contribution in [0.1, 0.15) is 21.6 Å². The highest BCUT2D eigenvalue weighted by atomic mass is 16.4. The maximum atomic E-state index is 11.1. The van der Waals surface area contributed by atoms with Crippen LogP contribution in [0.15, 0.2) is 24.4 Å². The molecule has 6 nitrogen and oxygen atoms in total. The van der Waals surface area contributed by atoms with Crippen molar-refractivity contribution in [1.82, 2.24) is 9.78 Å². The number of nitrogens with two attached hydrogens (primary N) is 1. The van der Waals surface area contributed by atoms with Gasteiger partial charge in [0.15, 0.2) is 0 Å². The van der Waals surface area contributed by atoms with E-state index in [9.17, 15) is 4.79 Å². The largest absolute Gasteiger partial charge is 0.478 e. The number of nitrogens with one attached hydrogen (secondary N) is 1. The minimum Gasteiger partial charge on any atom is -0.478 e. The minimum absolute atomic E-state index is 0.204. The van der Waals surface area contributed by atoms with Crippen LogP contribution in [-0.2, 0) is 13.6 Å². The van der Waals surface area contributed by atoms with Gasteiger partial charge in [-0.1, -0.05) is 0 Å². The van der Waals surface area contributed by atoms with E-state index in [1.165, 1.54) is 6.07 Å². The van der Waals surface area contributed by atoms with Gasteiger partial charge in [0.05, 0.1) is 17.4 Å². The summed E-state index contributed by atoms with van der Waals surface area (Å²) in [5.74, 6) is -0.981. The summed E-state index contributed by atoms with van der Waals surface area (Å²) in [6.07, 6.45) is 1.76. The second-order valence-corrected chi connectivity index (χ2v) is 4.34. The van der Waals surface area contributed by atoms with Crippen molar-refractivity contribution in [3.8, 4) is 0 Å². The quantitative estimate of drug-likeness (QED) is 0.726. The lowest BCUT2D eigenvalue weighted by molar-refractivity contribution is 0.0698. The third-order valence-corrected chi connectivity index (χ3v) is 3.08. The molecule has 0 saturated heterocycles. The molecule has 0 radical (unpaired) electrons. The smallest absolute Gasteiger partial charge is 0.337 e. The second-order valence-electron chi connectivity index (χ2n) is 4.34. The molecule has 0 aliphatic rings. The summed E-state index contributed by atoms with van der Waals surface area (Å²) in [5, 5.41) is 16.3. The number of carbonyl (C=O) groups is 1. The second kappa shape index (κ2) is 5.01. The number of carboxylic acid groups (broad SMARTS) is 1. The molecule has 0 amide bonds. The average Bonchev–Trinajstić information content (AvgIpc) is 2.67. The zero-order valence-corrected chi connectivity index (χ0v) is 10.8. The molecule has 4 N–H and O–H groups in total. The molecule has 2 aromatic rings. The third kappa shape index (κ3) is 2.67. The molecular weight excluding hydrogens is 244 g/mol. The van der Waals surface area contributed by atoms with E-state index >= 15 is 0 Å². The van der Waals surface area contributed by atoms with Crippen LogP contribution < -0.4 is 11.1 Å². The van der Waals surface area contributed by atoms with Crippen molar-refractivity contribution in [3.05, 3.63) is 41.2 Å². The summed E-state index contributed by atoms with van der Waals surface area (Å²) in [6.45, 7) is 2.46. The Morgan fingerprint density at radius 2 is 2.26 bits per heavy atom. The summed E-state index contributed by atoms with van der Waals surface area (Å²) in [4.78, 5) is 11.1. The van der Waals surface area contributed by atoms with Gasteiger partial charge in [-0.05, 0) is 25.1 Å². The molecule has 1 aromatic carbocycles. The van der Waals surface area contributed by atoms with Crippen LogP contribution in [-0.4, -0.2) is 20.9 Å². The van der Waals surface area contributed by atoms with Crippen molar-refractivity contribution in [2.75, 3.05) is 11.1 Å². The Morgan fingerprint density at radius 3 is 2.84 bits per heavy atom. The van der Waals surface area contributed by atoms with Crippen LogP contribution in [0.3, 0.4) is 0 Å². The van der Waals surface area contributed by atoms with Gasteiger partial charge in [0.1, 0.15) is 0 Å². The maximum Gasteiger partial charge on any atom is 0.337 e. The predicted octanol–water partition coefficient (Wildman–Crippen LogP) is 1.62. The van der Waals surface area contributed by atoms with Gasteiger partial charge in [-0.25, -0.2) is 4.79 Å². The van der Waals surface area contributed by atoms with Gasteiger partial charge in [0.2, 0.25) is 0 Å². The third-order valence-electron chi connectivity index (χ3n) is 3.08. The van der Waals surface area contributed by atoms with E-state index in [2.05, 4.69) is 10.4 Å². The van der Waals surface area contributed by atoms with Crippen LogP contribution >= 0.6 is 0 Å². The Hall–Kier alpha value is -2.50. The van der Waals surface area contributed by atoms with Crippen LogP contribution in [0, 0.1) is 6.92 Å². The number of aryl methyl sites for hydroxylation is 1. The van der Waals surface area contributed by atoms with E-state index < -0.39 is 5.97 Å². The summed E-state index contributed by atoms with van der Waals surface area (Å²) in [6, 6.07) is 4.69. The van der Waals surface area contributed by atoms with Gasteiger partial charge in [-0.3, -0.25) is 4.68 Å². The molecule has 0 atom stereocenters. The molecule has 1 heterocycles. The Bertz CT molecular complexity index is 619. The number of hydrogen-bond donors (Lipinski definition) is 3. The van der Waals surface area contributed by atoms with E-state index in [0.717, 1.165) is 11.3 Å². The zero-order chi connectivity index (χ0) is 14.0. The molecule has 100 valence electrons. The standard InChI is InChI=1S/C13H16N4O2/c1-8-9(7-16-17(8)2)6-15-12-5-10(14)3-4-11(12)13(18)19/h3-5,7,15H,6,14H2,1-2H3,(H,18,19). The number of carboxylic acids is 1. The van der Waals surface area contributed by atoms with Crippen LogP contribution in [0.25, 0.3) is 0 Å². The van der Waals surface area contributed by atoms with Gasteiger partial charge in [-0.15, -0.1) is 0 Å². The average molecular weight is 260 g/mol. The molecule has 0 unspecified atom stereocenters. The van der Waals surface area contributed by atoms with E-state index in [4.69, 9.17) is 10.8 Å². The lowest BCUT2D eigenvalue weighted by atomic mass is 10.1. The summed E-state index contributed by atoms with van der Waals surface area (Å²) < 4.78 is 1.77. The van der Waals surface area contributed by atoms with E-state index in [-0.39, 0.29) is 5.56 Å². The van der Waals surface area contributed by atoms with Crippen LogP contribution in [0.5, 0.6) is 0 Å². The highest BCUT2D eigenvalue weighted by Gasteiger charge is 2.11. The fourth-order valence-electron chi connectivity index (χ4n) is 1.80. The van der Waals surface area contributed by atoms with E-state index in [1.54, 1.807) is 23.0 Å². The van der Waals surface area contributed by atoms with E-state index in [1.807, 2.05) is 14.0 Å². The monoisotopic (exact) mass is 260 g/mol. The zero-order valence-electron chi connectivity index (χ0n) is 10.8. The molecule has 0 fully saturated rings. The Labute approximate surface area is 110 Å². The highest BCUT2D eigenvalue weighted by Crippen LogP contribution is 2.20. The Morgan fingerprint density at radius 1 is 1.53 bits per heavy atom. The number of hydrogen-bond acceptors (Lipinski definition) is 4. The van der Waals surface area contributed by atoms with Crippen molar-refractivity contribution < 1.29 is 9.90 Å². The molecule has 0 aliphatic heterocycles. The predicted molar refractivity (Wildman–Crippen MR) is 73.1 cm³/mol. The lowest BCUT2D eigenvalue weighted by Gasteiger charge is -2.10. The van der Waals surface area contributed by atoms with Crippen molar-refractivity contribution >= 4 is 17.3 Å². The van der Waals surface area contributed by atoms with E-state index in [0.29, 0.717) is 17.9 Å². The first-order chi connectivity index (χ1) is 8.99. The molecular formula is C13H16N4O2. The lowest BCUT2D eigenvalue weighted by Crippen LogP contribution is -2.07. The topological polar surface area (TPSA) is 93.2 Å². The summed E-state index contributed by atoms with van der Waals surface area (Å²) >= 11 is 0. The number of benzene rings is 1. The van der Waals surface area contributed by atoms with Crippen molar-refractivity contribution in [2.24, 2.45) is 7.05 Å². The van der Waals surface area contributed by atoms with Gasteiger partial charge in [0.25, 0.3) is 0 Å². The molecule has 0 saturated carbocycles. The first-order valence-corrected chi connectivity index (χ1v) is 5.83. The van der Waals surface area contributed by atoms with Gasteiger partial charge in [-0.2, -0.15) is 5.10 Å². The number of nitrogens with zero attached hydrogens (tertiary/aromatic N) is 2. The molecule has 19 heavy (non-hydrogen) atoms. The first kappa shape index (κ1) is 12.9. The maximum absolute atomic E-state index is 11.1. The fourth-order valence-corrected chi connectivity index (χ4v) is 1.80. The Kier molecular flexibility index (Phi) is 3.41. The molecule has 6 heteroatoms. The summed E-state index contributed by atoms with van der Waals surface area (Å²) in [7, 11) is 1.86. The molecule has 0 bridgehead atoms. The SMILES string of the molecule is Cc1c(CNc2cc(N)ccc2C(=O)O)cnn1C. The minimum atomic E-state index is -0.981. The summed E-state index contributed by atoms with van der Waals surface area (Å²) in [5.41, 5.74) is 8.97. The molecule has 0 aliphatic carbocycles. The number of aromatic carboxylic acids is 1. The highest BCUT2D eigenvalue weighted by molar-refractivity contribution is 5.95. The molecule has 1 aromatic heterocycles. The van der Waals surface area contributed by atoms with Gasteiger partial charge >= 0.3 is 5.97 Å². The normalized spacial score (nSPS) is 10.4. The number of aromatic nitrogens is 2. The Balaban J connectivity index is 2.21. The van der Waals surface area contributed by atoms with Crippen LogP contribution in [0.2, 0.25) is 0 Å². The fraction of sp³-hybridized carbons (Fsp3) is 0.231. The van der Waals surface area contributed by atoms with Crippen molar-refractivity contribution in [3.63, 3.8) is 0 Å². The molecule has 0 spiro atoms. The number of nitrogen functional groups attached to an aromatic ring is 1. The van der Waals surface area contributed by atoms with Gasteiger partial charge < -0.3 is 16.2 Å².